The largest absolute Gasteiger partial charge is 0.467 e. The Morgan fingerprint density at radius 1 is 1.41 bits per heavy atom. The minimum absolute atomic E-state index is 0.516. The molecule has 1 heterocycles. The second-order valence-corrected chi connectivity index (χ2v) is 4.05. The van der Waals surface area contributed by atoms with E-state index in [4.69, 9.17) is 9.15 Å². The van der Waals surface area contributed by atoms with E-state index >= 15 is 0 Å². The number of rotatable bonds is 10. The van der Waals surface area contributed by atoms with Crippen LogP contribution in [0.1, 0.15) is 38.1 Å². The molecular formula is C13H23NO3. The van der Waals surface area contributed by atoms with E-state index < -0.39 is 6.10 Å². The fourth-order valence-corrected chi connectivity index (χ4v) is 1.47. The van der Waals surface area contributed by atoms with E-state index in [0.29, 0.717) is 12.3 Å². The number of aliphatic hydroxyl groups is 1. The lowest BCUT2D eigenvalue weighted by Crippen LogP contribution is -2.23. The highest BCUT2D eigenvalue weighted by atomic mass is 16.5. The van der Waals surface area contributed by atoms with E-state index in [2.05, 4.69) is 12.2 Å². The first-order valence-electron chi connectivity index (χ1n) is 6.34. The quantitative estimate of drug-likeness (QED) is 0.616. The maximum absolute atomic E-state index is 9.69. The molecule has 1 rings (SSSR count). The van der Waals surface area contributed by atoms with Crippen molar-refractivity contribution >= 4 is 0 Å². The zero-order chi connectivity index (χ0) is 12.3. The molecule has 0 bridgehead atoms. The molecule has 1 unspecified atom stereocenters. The first-order valence-corrected chi connectivity index (χ1v) is 6.34. The third kappa shape index (κ3) is 6.46. The predicted octanol–water partition coefficient (Wildman–Crippen LogP) is 2.11. The molecule has 0 saturated carbocycles. The standard InChI is InChI=1S/C13H23NO3/c1-2-3-8-16-9-5-7-14-11-12(15)13-6-4-10-17-13/h4,6,10,12,14-15H,2-3,5,7-9,11H2,1H3. The third-order valence-electron chi connectivity index (χ3n) is 2.49. The van der Waals surface area contributed by atoms with Crippen molar-refractivity contribution in [3.05, 3.63) is 24.2 Å². The normalized spacial score (nSPS) is 12.8. The number of unbranched alkanes of at least 4 members (excludes halogenated alkanes) is 1. The molecular weight excluding hydrogens is 218 g/mol. The van der Waals surface area contributed by atoms with Gasteiger partial charge in [-0.15, -0.1) is 0 Å². The van der Waals surface area contributed by atoms with Crippen molar-refractivity contribution in [3.63, 3.8) is 0 Å². The van der Waals surface area contributed by atoms with E-state index in [0.717, 1.165) is 32.6 Å². The summed E-state index contributed by atoms with van der Waals surface area (Å²) >= 11 is 0. The van der Waals surface area contributed by atoms with E-state index in [9.17, 15) is 5.11 Å². The smallest absolute Gasteiger partial charge is 0.133 e. The maximum Gasteiger partial charge on any atom is 0.133 e. The zero-order valence-corrected chi connectivity index (χ0v) is 10.5. The summed E-state index contributed by atoms with van der Waals surface area (Å²) in [4.78, 5) is 0. The monoisotopic (exact) mass is 241 g/mol. The molecule has 0 aliphatic heterocycles. The van der Waals surface area contributed by atoms with Crippen LogP contribution in [0.4, 0.5) is 0 Å². The van der Waals surface area contributed by atoms with Gasteiger partial charge in [0.15, 0.2) is 0 Å². The van der Waals surface area contributed by atoms with Gasteiger partial charge in [-0.2, -0.15) is 0 Å². The molecule has 0 saturated heterocycles. The lowest BCUT2D eigenvalue weighted by molar-refractivity contribution is 0.124. The van der Waals surface area contributed by atoms with Crippen LogP contribution in [0, 0.1) is 0 Å². The number of furan rings is 1. The molecule has 1 aromatic rings. The van der Waals surface area contributed by atoms with Gasteiger partial charge in [-0.1, -0.05) is 13.3 Å². The summed E-state index contributed by atoms with van der Waals surface area (Å²) in [6.45, 7) is 5.16. The summed E-state index contributed by atoms with van der Waals surface area (Å²) in [7, 11) is 0. The van der Waals surface area contributed by atoms with Crippen LogP contribution in [0.5, 0.6) is 0 Å². The summed E-state index contributed by atoms with van der Waals surface area (Å²) in [6.07, 6.45) is 4.28. The molecule has 17 heavy (non-hydrogen) atoms. The third-order valence-corrected chi connectivity index (χ3v) is 2.49. The second kappa shape index (κ2) is 9.22. The van der Waals surface area contributed by atoms with E-state index in [1.54, 1.807) is 18.4 Å². The average Bonchev–Trinajstić information content (AvgIpc) is 2.86. The molecule has 4 heteroatoms. The Balaban J connectivity index is 1.90. The van der Waals surface area contributed by atoms with Gasteiger partial charge in [0.2, 0.25) is 0 Å². The maximum atomic E-state index is 9.69. The fraction of sp³-hybridized carbons (Fsp3) is 0.692. The van der Waals surface area contributed by atoms with Gasteiger partial charge in [-0.05, 0) is 31.5 Å². The molecule has 4 nitrogen and oxygen atoms in total. The van der Waals surface area contributed by atoms with Gasteiger partial charge >= 0.3 is 0 Å². The van der Waals surface area contributed by atoms with Gasteiger partial charge < -0.3 is 19.6 Å². The molecule has 0 fully saturated rings. The van der Waals surface area contributed by atoms with E-state index in [1.165, 1.54) is 6.42 Å². The Hall–Kier alpha value is -0.840. The lowest BCUT2D eigenvalue weighted by atomic mass is 10.2. The molecule has 2 N–H and O–H groups in total. The summed E-state index contributed by atoms with van der Waals surface area (Å²) in [5.74, 6) is 0.608. The number of ether oxygens (including phenoxy) is 1. The first-order chi connectivity index (χ1) is 8.34. The topological polar surface area (TPSA) is 54.6 Å². The first kappa shape index (κ1) is 14.2. The van der Waals surface area contributed by atoms with Crippen LogP contribution < -0.4 is 5.32 Å². The molecule has 0 radical (unpaired) electrons. The van der Waals surface area contributed by atoms with Gasteiger partial charge in [0.25, 0.3) is 0 Å². The zero-order valence-electron chi connectivity index (χ0n) is 10.5. The highest BCUT2D eigenvalue weighted by Crippen LogP contribution is 2.11. The molecule has 0 aromatic carbocycles. The van der Waals surface area contributed by atoms with Crippen molar-refractivity contribution < 1.29 is 14.3 Å². The molecule has 1 aromatic heterocycles. The number of hydrogen-bond donors (Lipinski definition) is 2. The molecule has 0 aliphatic rings. The molecule has 0 amide bonds. The Labute approximate surface area is 103 Å². The van der Waals surface area contributed by atoms with Crippen molar-refractivity contribution in [2.24, 2.45) is 0 Å². The highest BCUT2D eigenvalue weighted by Gasteiger charge is 2.08. The number of hydrogen-bond acceptors (Lipinski definition) is 4. The van der Waals surface area contributed by atoms with Crippen LogP contribution in [0.15, 0.2) is 22.8 Å². The van der Waals surface area contributed by atoms with Crippen molar-refractivity contribution in [2.45, 2.75) is 32.3 Å². The minimum Gasteiger partial charge on any atom is -0.467 e. The van der Waals surface area contributed by atoms with E-state index in [-0.39, 0.29) is 0 Å². The van der Waals surface area contributed by atoms with Crippen LogP contribution in [0.3, 0.4) is 0 Å². The van der Waals surface area contributed by atoms with Gasteiger partial charge in [0.05, 0.1) is 6.26 Å². The fourth-order valence-electron chi connectivity index (χ4n) is 1.47. The summed E-state index contributed by atoms with van der Waals surface area (Å²) in [6, 6.07) is 3.56. The van der Waals surface area contributed by atoms with Gasteiger partial charge in [0.1, 0.15) is 11.9 Å². The summed E-state index contributed by atoms with van der Waals surface area (Å²) < 4.78 is 10.5. The molecule has 0 spiro atoms. The van der Waals surface area contributed by atoms with E-state index in [1.807, 2.05) is 0 Å². The van der Waals surface area contributed by atoms with Crippen molar-refractivity contribution in [3.8, 4) is 0 Å². The average molecular weight is 241 g/mol. The SMILES string of the molecule is CCCCOCCCNCC(O)c1ccco1. The Morgan fingerprint density at radius 2 is 2.24 bits per heavy atom. The highest BCUT2D eigenvalue weighted by molar-refractivity contribution is 5.01. The number of nitrogens with one attached hydrogen (secondary N) is 1. The van der Waals surface area contributed by atoms with Gasteiger partial charge in [0, 0.05) is 19.8 Å². The number of aliphatic hydroxyl groups excluding tert-OH is 1. The van der Waals surface area contributed by atoms with Crippen LogP contribution in [0.2, 0.25) is 0 Å². The minimum atomic E-state index is -0.564. The van der Waals surface area contributed by atoms with Crippen molar-refractivity contribution in [1.29, 1.82) is 0 Å². The predicted molar refractivity (Wildman–Crippen MR) is 66.9 cm³/mol. The van der Waals surface area contributed by atoms with Crippen molar-refractivity contribution in [1.82, 2.24) is 5.32 Å². The van der Waals surface area contributed by atoms with Gasteiger partial charge in [-0.3, -0.25) is 0 Å². The Morgan fingerprint density at radius 3 is 2.94 bits per heavy atom. The summed E-state index contributed by atoms with van der Waals surface area (Å²) in [5.41, 5.74) is 0. The van der Waals surface area contributed by atoms with Crippen LogP contribution in [-0.2, 0) is 4.74 Å². The van der Waals surface area contributed by atoms with Crippen LogP contribution in [-0.4, -0.2) is 31.4 Å². The second-order valence-electron chi connectivity index (χ2n) is 4.05. The molecule has 0 aliphatic carbocycles. The molecule has 1 atom stereocenters. The van der Waals surface area contributed by atoms with Crippen LogP contribution in [0.25, 0.3) is 0 Å². The Kier molecular flexibility index (Phi) is 7.71. The summed E-state index contributed by atoms with van der Waals surface area (Å²) in [5, 5.41) is 12.9. The Bertz CT molecular complexity index is 262. The van der Waals surface area contributed by atoms with Crippen LogP contribution >= 0.6 is 0 Å². The lowest BCUT2D eigenvalue weighted by Gasteiger charge is -2.09. The van der Waals surface area contributed by atoms with Gasteiger partial charge in [-0.25, -0.2) is 0 Å². The van der Waals surface area contributed by atoms with Crippen molar-refractivity contribution in [2.75, 3.05) is 26.3 Å². The molecule has 98 valence electrons.